The van der Waals surface area contributed by atoms with Gasteiger partial charge >= 0.3 is 0 Å². The lowest BCUT2D eigenvalue weighted by Gasteiger charge is -2.28. The minimum atomic E-state index is -0.397. The van der Waals surface area contributed by atoms with Crippen molar-refractivity contribution in [1.82, 2.24) is 0 Å². The zero-order valence-electron chi connectivity index (χ0n) is 14.6. The molecule has 134 valence electrons. The van der Waals surface area contributed by atoms with Gasteiger partial charge in [0.15, 0.2) is 11.6 Å². The number of rotatable bonds is 5. The fraction of sp³-hybridized carbons (Fsp3) is 0.130. The average molecular weight is 374 g/mol. The summed E-state index contributed by atoms with van der Waals surface area (Å²) in [5.74, 6) is 0.669. The van der Waals surface area contributed by atoms with Crippen molar-refractivity contribution in [2.24, 2.45) is 0 Å². The van der Waals surface area contributed by atoms with Crippen LogP contribution in [-0.2, 0) is 0 Å². The maximum atomic E-state index is 13.2. The molecule has 0 saturated carbocycles. The molecule has 3 nitrogen and oxygen atoms in total. The number of Topliss-reactive ketones (excluding diaryl/α,β-unsaturated/α-hetero) is 2. The topological polar surface area (TPSA) is 47.3 Å². The molecular formula is C23H18O3S. The van der Waals surface area contributed by atoms with Crippen LogP contribution in [0.25, 0.3) is 0 Å². The largest absolute Gasteiger partial charge is 0.469 e. The maximum absolute atomic E-state index is 13.2. The molecule has 0 amide bonds. The van der Waals surface area contributed by atoms with Gasteiger partial charge in [0.05, 0.1) is 16.4 Å². The molecule has 2 heterocycles. The number of carbonyl (C=O) groups is 2. The van der Waals surface area contributed by atoms with Gasteiger partial charge in [0.1, 0.15) is 5.76 Å². The Morgan fingerprint density at radius 3 is 2.15 bits per heavy atom. The SMILES string of the molecule is O=C(C1=CC[C@@H](c2ccco2)[C@H](C(=O)c2ccccc2)S1)c1ccccc1. The summed E-state index contributed by atoms with van der Waals surface area (Å²) in [5, 5.41) is -0.397. The second-order valence-electron chi connectivity index (χ2n) is 6.39. The molecule has 4 heteroatoms. The van der Waals surface area contributed by atoms with Gasteiger partial charge in [-0.15, -0.1) is 11.8 Å². The molecule has 1 aliphatic heterocycles. The average Bonchev–Trinajstić information content (AvgIpc) is 3.28. The van der Waals surface area contributed by atoms with E-state index in [1.165, 1.54) is 11.8 Å². The smallest absolute Gasteiger partial charge is 0.199 e. The minimum Gasteiger partial charge on any atom is -0.469 e. The Hall–Kier alpha value is -2.85. The van der Waals surface area contributed by atoms with Gasteiger partial charge in [-0.2, -0.15) is 0 Å². The molecule has 27 heavy (non-hydrogen) atoms. The van der Waals surface area contributed by atoms with Gasteiger partial charge in [0.25, 0.3) is 0 Å². The number of ketones is 2. The van der Waals surface area contributed by atoms with E-state index in [1.807, 2.05) is 66.7 Å². The highest BCUT2D eigenvalue weighted by Crippen LogP contribution is 2.43. The van der Waals surface area contributed by atoms with Crippen LogP contribution in [0, 0.1) is 0 Å². The van der Waals surface area contributed by atoms with E-state index in [9.17, 15) is 9.59 Å². The van der Waals surface area contributed by atoms with Gasteiger partial charge in [-0.25, -0.2) is 0 Å². The van der Waals surface area contributed by atoms with Crippen molar-refractivity contribution >= 4 is 23.3 Å². The third-order valence-electron chi connectivity index (χ3n) is 4.66. The Morgan fingerprint density at radius 1 is 0.852 bits per heavy atom. The van der Waals surface area contributed by atoms with Crippen LogP contribution in [-0.4, -0.2) is 16.8 Å². The van der Waals surface area contributed by atoms with Crippen LogP contribution in [0.2, 0.25) is 0 Å². The highest BCUT2D eigenvalue weighted by molar-refractivity contribution is 8.05. The zero-order valence-corrected chi connectivity index (χ0v) is 15.4. The van der Waals surface area contributed by atoms with E-state index in [0.29, 0.717) is 22.5 Å². The zero-order chi connectivity index (χ0) is 18.6. The predicted octanol–water partition coefficient (Wildman–Crippen LogP) is 5.52. The summed E-state index contributed by atoms with van der Waals surface area (Å²) in [6, 6.07) is 22.1. The van der Waals surface area contributed by atoms with E-state index < -0.39 is 5.25 Å². The first-order valence-electron chi connectivity index (χ1n) is 8.83. The predicted molar refractivity (Wildman–Crippen MR) is 107 cm³/mol. The fourth-order valence-corrected chi connectivity index (χ4v) is 4.62. The van der Waals surface area contributed by atoms with E-state index >= 15 is 0 Å². The van der Waals surface area contributed by atoms with Crippen LogP contribution in [0.4, 0.5) is 0 Å². The molecule has 2 aromatic carbocycles. The van der Waals surface area contributed by atoms with Crippen LogP contribution in [0.1, 0.15) is 38.8 Å². The number of benzene rings is 2. The van der Waals surface area contributed by atoms with Crippen molar-refractivity contribution in [3.8, 4) is 0 Å². The van der Waals surface area contributed by atoms with E-state index in [4.69, 9.17) is 4.42 Å². The van der Waals surface area contributed by atoms with Crippen LogP contribution in [0.5, 0.6) is 0 Å². The molecule has 0 saturated heterocycles. The van der Waals surface area contributed by atoms with Crippen molar-refractivity contribution in [2.75, 3.05) is 0 Å². The molecule has 1 aromatic heterocycles. The standard InChI is InChI=1S/C23H18O3S/c24-21(16-8-3-1-4-9-16)20-14-13-18(19-12-7-15-26-19)23(27-20)22(25)17-10-5-2-6-11-17/h1-12,14-15,18,23H,13H2/t18-,23+/m0/s1. The van der Waals surface area contributed by atoms with Gasteiger partial charge in [0, 0.05) is 17.0 Å². The number of allylic oxidation sites excluding steroid dienone is 2. The van der Waals surface area contributed by atoms with E-state index in [0.717, 1.165) is 5.76 Å². The Bertz CT molecular complexity index is 959. The lowest BCUT2D eigenvalue weighted by Crippen LogP contribution is -2.28. The number of carbonyl (C=O) groups excluding carboxylic acids is 2. The van der Waals surface area contributed by atoms with Crippen LogP contribution >= 0.6 is 11.8 Å². The Balaban J connectivity index is 1.67. The molecule has 0 unspecified atom stereocenters. The first kappa shape index (κ1) is 17.6. The van der Waals surface area contributed by atoms with Crippen LogP contribution in [0.3, 0.4) is 0 Å². The Morgan fingerprint density at radius 2 is 1.52 bits per heavy atom. The molecule has 0 aliphatic carbocycles. The lowest BCUT2D eigenvalue weighted by molar-refractivity contribution is 0.0977. The van der Waals surface area contributed by atoms with Gasteiger partial charge in [-0.3, -0.25) is 9.59 Å². The van der Waals surface area contributed by atoms with E-state index in [2.05, 4.69) is 0 Å². The van der Waals surface area contributed by atoms with E-state index in [1.54, 1.807) is 18.4 Å². The number of furan rings is 1. The third kappa shape index (κ3) is 3.67. The van der Waals surface area contributed by atoms with Crippen molar-refractivity contribution < 1.29 is 14.0 Å². The molecule has 4 rings (SSSR count). The summed E-state index contributed by atoms with van der Waals surface area (Å²) >= 11 is 1.35. The van der Waals surface area contributed by atoms with E-state index in [-0.39, 0.29) is 17.5 Å². The molecular weight excluding hydrogens is 356 g/mol. The summed E-state index contributed by atoms with van der Waals surface area (Å²) in [6.07, 6.45) is 4.15. The highest BCUT2D eigenvalue weighted by atomic mass is 32.2. The number of hydrogen-bond donors (Lipinski definition) is 0. The molecule has 2 atom stereocenters. The van der Waals surface area contributed by atoms with Gasteiger partial charge < -0.3 is 4.42 Å². The Labute approximate surface area is 162 Å². The van der Waals surface area contributed by atoms with Crippen LogP contribution < -0.4 is 0 Å². The number of thioether (sulfide) groups is 1. The molecule has 1 aliphatic rings. The second kappa shape index (κ2) is 7.80. The normalized spacial score (nSPS) is 19.3. The lowest BCUT2D eigenvalue weighted by atomic mass is 9.91. The first-order chi connectivity index (χ1) is 13.2. The van der Waals surface area contributed by atoms with Gasteiger partial charge in [-0.1, -0.05) is 66.7 Å². The second-order valence-corrected chi connectivity index (χ2v) is 7.57. The van der Waals surface area contributed by atoms with Crippen molar-refractivity contribution in [3.05, 3.63) is 107 Å². The molecule has 0 N–H and O–H groups in total. The van der Waals surface area contributed by atoms with Gasteiger partial charge in [-0.05, 0) is 18.6 Å². The van der Waals surface area contributed by atoms with Crippen molar-refractivity contribution in [3.63, 3.8) is 0 Å². The summed E-state index contributed by atoms with van der Waals surface area (Å²) in [6.45, 7) is 0. The highest BCUT2D eigenvalue weighted by Gasteiger charge is 2.37. The molecule has 0 bridgehead atoms. The van der Waals surface area contributed by atoms with Crippen LogP contribution in [0.15, 0.2) is 94.5 Å². The quantitative estimate of drug-likeness (QED) is 0.552. The van der Waals surface area contributed by atoms with Gasteiger partial charge in [0.2, 0.25) is 0 Å². The number of hydrogen-bond acceptors (Lipinski definition) is 4. The fourth-order valence-electron chi connectivity index (χ4n) is 3.27. The molecule has 0 spiro atoms. The molecule has 3 aromatic rings. The summed E-state index contributed by atoms with van der Waals surface area (Å²) in [5.41, 5.74) is 1.29. The molecule has 0 radical (unpaired) electrons. The summed E-state index contributed by atoms with van der Waals surface area (Å²) in [4.78, 5) is 26.7. The van der Waals surface area contributed by atoms with Crippen molar-refractivity contribution in [1.29, 1.82) is 0 Å². The summed E-state index contributed by atoms with van der Waals surface area (Å²) < 4.78 is 5.59. The summed E-state index contributed by atoms with van der Waals surface area (Å²) in [7, 11) is 0. The minimum absolute atomic E-state index is 0.0217. The molecule has 0 fully saturated rings. The Kier molecular flexibility index (Phi) is 5.07. The third-order valence-corrected chi connectivity index (χ3v) is 6.06. The monoisotopic (exact) mass is 374 g/mol. The van der Waals surface area contributed by atoms with Crippen molar-refractivity contribution in [2.45, 2.75) is 17.6 Å². The first-order valence-corrected chi connectivity index (χ1v) is 9.71. The maximum Gasteiger partial charge on any atom is 0.199 e.